The van der Waals surface area contributed by atoms with Gasteiger partial charge in [-0.3, -0.25) is 28.9 Å². The molecule has 2 aromatic carbocycles. The van der Waals surface area contributed by atoms with Crippen LogP contribution in [0.2, 0.25) is 0 Å². The molecule has 5 amide bonds. The third-order valence-electron chi connectivity index (χ3n) is 6.22. The molecule has 11 heteroatoms. The van der Waals surface area contributed by atoms with Crippen molar-refractivity contribution in [3.63, 3.8) is 0 Å². The van der Waals surface area contributed by atoms with Gasteiger partial charge < -0.3 is 10.1 Å². The Hall–Kier alpha value is -3.86. The molecule has 0 bridgehead atoms. The molecule has 1 unspecified atom stereocenters. The smallest absolute Gasteiger partial charge is 0.338 e. The maximum Gasteiger partial charge on any atom is 0.338 e. The van der Waals surface area contributed by atoms with E-state index in [1.54, 1.807) is 42.5 Å². The Kier molecular flexibility index (Phi) is 7.02. The molecular weight excluding hydrogens is 534 g/mol. The van der Waals surface area contributed by atoms with Gasteiger partial charge in [0.05, 0.1) is 16.5 Å². The lowest BCUT2D eigenvalue weighted by Crippen LogP contribution is -2.57. The predicted octanol–water partition coefficient (Wildman–Crippen LogP) is 1.73. The van der Waals surface area contributed by atoms with Gasteiger partial charge in [-0.1, -0.05) is 58.4 Å². The van der Waals surface area contributed by atoms with Crippen LogP contribution in [0.15, 0.2) is 54.6 Å². The monoisotopic (exact) mass is 555 g/mol. The lowest BCUT2D eigenvalue weighted by atomic mass is 9.92. The van der Waals surface area contributed by atoms with E-state index in [4.69, 9.17) is 4.74 Å². The summed E-state index contributed by atoms with van der Waals surface area (Å²) in [5.41, 5.74) is -0.794. The number of amides is 5. The highest BCUT2D eigenvalue weighted by Crippen LogP contribution is 2.29. The highest BCUT2D eigenvalue weighted by atomic mass is 79.9. The molecule has 1 fully saturated rings. The fraction of sp³-hybridized carbons (Fsp3) is 0.280. The van der Waals surface area contributed by atoms with Crippen LogP contribution in [-0.2, 0) is 29.5 Å². The summed E-state index contributed by atoms with van der Waals surface area (Å²) in [5, 5.41) is 2.54. The number of benzene rings is 2. The van der Waals surface area contributed by atoms with Gasteiger partial charge in [0.25, 0.3) is 17.7 Å². The molecule has 4 rings (SSSR count). The summed E-state index contributed by atoms with van der Waals surface area (Å²) in [4.78, 5) is 78.3. The third kappa shape index (κ3) is 4.41. The summed E-state index contributed by atoms with van der Waals surface area (Å²) in [5.74, 6) is -4.03. The number of nitrogens with one attached hydrogen (secondary N) is 1. The van der Waals surface area contributed by atoms with Crippen LogP contribution in [0.4, 0.5) is 0 Å². The highest BCUT2D eigenvalue weighted by Gasteiger charge is 2.47. The fourth-order valence-corrected chi connectivity index (χ4v) is 4.42. The van der Waals surface area contributed by atoms with Gasteiger partial charge in [-0.2, -0.15) is 0 Å². The van der Waals surface area contributed by atoms with Crippen molar-refractivity contribution in [1.29, 1.82) is 0 Å². The summed E-state index contributed by atoms with van der Waals surface area (Å²) in [6, 6.07) is 13.4. The first-order valence-corrected chi connectivity index (χ1v) is 12.2. The SMILES string of the molecule is C[C@@](NC(=O)CBr)(C(=O)OCN1C(=O)CCC(N2C(=O)c3ccccc3C2=O)C1=O)c1ccccc1. The van der Waals surface area contributed by atoms with Crippen molar-refractivity contribution >= 4 is 51.4 Å². The number of halogens is 1. The number of piperidine rings is 1. The maximum atomic E-state index is 13.2. The van der Waals surface area contributed by atoms with Gasteiger partial charge in [0.1, 0.15) is 6.04 Å². The Balaban J connectivity index is 1.52. The zero-order chi connectivity index (χ0) is 26.0. The molecule has 2 atom stereocenters. The van der Waals surface area contributed by atoms with Crippen LogP contribution >= 0.6 is 15.9 Å². The van der Waals surface area contributed by atoms with E-state index >= 15 is 0 Å². The van der Waals surface area contributed by atoms with Gasteiger partial charge in [-0.05, 0) is 31.0 Å². The van der Waals surface area contributed by atoms with Crippen molar-refractivity contribution < 1.29 is 33.5 Å². The molecule has 0 aromatic heterocycles. The zero-order valence-electron chi connectivity index (χ0n) is 19.2. The van der Waals surface area contributed by atoms with E-state index in [1.807, 2.05) is 0 Å². The van der Waals surface area contributed by atoms with E-state index in [0.29, 0.717) is 10.5 Å². The Morgan fingerprint density at radius 3 is 2.17 bits per heavy atom. The summed E-state index contributed by atoms with van der Waals surface area (Å²) < 4.78 is 5.34. The summed E-state index contributed by atoms with van der Waals surface area (Å²) in [6.07, 6.45) is -0.158. The molecule has 0 spiro atoms. The average Bonchev–Trinajstić information content (AvgIpc) is 3.14. The van der Waals surface area contributed by atoms with E-state index in [2.05, 4.69) is 21.2 Å². The van der Waals surface area contributed by atoms with Crippen molar-refractivity contribution in [3.8, 4) is 0 Å². The minimum atomic E-state index is -1.60. The van der Waals surface area contributed by atoms with Crippen LogP contribution in [0.3, 0.4) is 0 Å². The molecule has 36 heavy (non-hydrogen) atoms. The molecule has 0 saturated carbocycles. The van der Waals surface area contributed by atoms with Gasteiger partial charge in [0.15, 0.2) is 12.3 Å². The minimum absolute atomic E-state index is 0.0311. The van der Waals surface area contributed by atoms with E-state index in [9.17, 15) is 28.8 Å². The quantitative estimate of drug-likeness (QED) is 0.312. The van der Waals surface area contributed by atoms with Crippen LogP contribution in [0, 0.1) is 0 Å². The van der Waals surface area contributed by atoms with Crippen LogP contribution in [0.5, 0.6) is 0 Å². The van der Waals surface area contributed by atoms with Gasteiger partial charge in [0.2, 0.25) is 11.8 Å². The Morgan fingerprint density at radius 2 is 1.58 bits per heavy atom. The molecule has 2 aromatic rings. The van der Waals surface area contributed by atoms with Crippen molar-refractivity contribution in [2.24, 2.45) is 0 Å². The van der Waals surface area contributed by atoms with Gasteiger partial charge in [-0.25, -0.2) is 9.69 Å². The molecule has 10 nitrogen and oxygen atoms in total. The first kappa shape index (κ1) is 25.2. The lowest BCUT2D eigenvalue weighted by molar-refractivity contribution is -0.168. The van der Waals surface area contributed by atoms with E-state index in [-0.39, 0.29) is 29.3 Å². The summed E-state index contributed by atoms with van der Waals surface area (Å²) in [7, 11) is 0. The highest BCUT2D eigenvalue weighted by molar-refractivity contribution is 9.09. The minimum Gasteiger partial charge on any atom is -0.442 e. The second-order valence-corrected chi connectivity index (χ2v) is 9.03. The molecule has 2 heterocycles. The van der Waals surface area contributed by atoms with Gasteiger partial charge >= 0.3 is 5.97 Å². The number of nitrogens with zero attached hydrogens (tertiary/aromatic N) is 2. The first-order valence-electron chi connectivity index (χ1n) is 11.1. The second-order valence-electron chi connectivity index (χ2n) is 8.47. The van der Waals surface area contributed by atoms with Crippen LogP contribution in [0.25, 0.3) is 0 Å². The number of carbonyl (C=O) groups excluding carboxylic acids is 6. The Morgan fingerprint density at radius 1 is 1.00 bits per heavy atom. The number of fused-ring (bicyclic) bond motifs is 1. The molecular formula is C25H22BrN3O7. The molecule has 0 radical (unpaired) electrons. The number of alkyl halides is 1. The number of carbonyl (C=O) groups is 6. The number of rotatable bonds is 7. The topological polar surface area (TPSA) is 130 Å². The number of esters is 1. The first-order chi connectivity index (χ1) is 17.2. The number of hydrogen-bond acceptors (Lipinski definition) is 7. The maximum absolute atomic E-state index is 13.2. The van der Waals surface area contributed by atoms with Gasteiger partial charge in [0, 0.05) is 6.42 Å². The van der Waals surface area contributed by atoms with Crippen molar-refractivity contribution in [2.75, 3.05) is 12.1 Å². The van der Waals surface area contributed by atoms with E-state index in [1.165, 1.54) is 19.1 Å². The molecule has 0 aliphatic carbocycles. The van der Waals surface area contributed by atoms with E-state index < -0.39 is 53.8 Å². The lowest BCUT2D eigenvalue weighted by Gasteiger charge is -2.35. The zero-order valence-corrected chi connectivity index (χ0v) is 20.8. The standard InChI is InChI=1S/C25H22BrN3O7/c1-25(27-19(30)13-26,15-7-3-2-4-8-15)24(35)36-14-28-20(31)12-11-18(23(28)34)29-21(32)16-9-5-6-10-17(16)22(29)33/h2-10,18H,11-14H2,1H3,(H,27,30)/t18?,25-/m0/s1. The predicted molar refractivity (Wildman–Crippen MR) is 129 cm³/mol. The van der Waals surface area contributed by atoms with Crippen LogP contribution < -0.4 is 5.32 Å². The Bertz CT molecular complexity index is 1230. The molecule has 2 aliphatic heterocycles. The third-order valence-corrected chi connectivity index (χ3v) is 6.73. The van der Waals surface area contributed by atoms with Crippen LogP contribution in [-0.4, -0.2) is 63.4 Å². The normalized spacial score (nSPS) is 19.1. The van der Waals surface area contributed by atoms with Crippen molar-refractivity contribution in [2.45, 2.75) is 31.3 Å². The van der Waals surface area contributed by atoms with Crippen molar-refractivity contribution in [3.05, 3.63) is 71.3 Å². The summed E-state index contributed by atoms with van der Waals surface area (Å²) >= 11 is 3.04. The second kappa shape index (κ2) is 10.0. The van der Waals surface area contributed by atoms with Crippen molar-refractivity contribution in [1.82, 2.24) is 15.1 Å². The number of hydrogen-bond donors (Lipinski definition) is 1. The Labute approximate surface area is 214 Å². The fourth-order valence-electron chi connectivity index (χ4n) is 4.28. The molecule has 1 N–H and O–H groups in total. The van der Waals surface area contributed by atoms with E-state index in [0.717, 1.165) is 4.90 Å². The van der Waals surface area contributed by atoms with Gasteiger partial charge in [-0.15, -0.1) is 0 Å². The molecule has 186 valence electrons. The van der Waals surface area contributed by atoms with Crippen LogP contribution in [0.1, 0.15) is 46.0 Å². The molecule has 1 saturated heterocycles. The molecule has 2 aliphatic rings. The number of imide groups is 2. The number of ether oxygens (including phenoxy) is 1. The largest absolute Gasteiger partial charge is 0.442 e. The summed E-state index contributed by atoms with van der Waals surface area (Å²) in [6.45, 7) is 0.718. The average molecular weight is 556 g/mol. The number of likely N-dealkylation sites (tertiary alicyclic amines) is 1.